The highest BCUT2D eigenvalue weighted by Gasteiger charge is 2.03. The maximum Gasteiger partial charge on any atom is 0.134 e. The van der Waals surface area contributed by atoms with Gasteiger partial charge in [-0.1, -0.05) is 0 Å². The first-order valence-electron chi connectivity index (χ1n) is 3.79. The average molecular weight is 149 g/mol. The van der Waals surface area contributed by atoms with Crippen LogP contribution in [-0.2, 0) is 0 Å². The lowest BCUT2D eigenvalue weighted by molar-refractivity contribution is 0.550. The highest BCUT2D eigenvalue weighted by Crippen LogP contribution is 2.09. The molecule has 0 aliphatic heterocycles. The Labute approximate surface area is 65.3 Å². The minimum atomic E-state index is 0.433. The predicted octanol–water partition coefficient (Wildman–Crippen LogP) is 1.72. The normalized spacial score (nSPS) is 11.5. The molecule has 0 atom stereocenters. The lowest BCUT2D eigenvalue weighted by Gasteiger charge is -2.03. The maximum atomic E-state index is 4.23. The van der Waals surface area contributed by atoms with Gasteiger partial charge in [-0.3, -0.25) is 4.40 Å². The summed E-state index contributed by atoms with van der Waals surface area (Å²) in [5.41, 5.74) is 1.15. The number of fused-ring (bicyclic) bond motifs is 1. The summed E-state index contributed by atoms with van der Waals surface area (Å²) < 4.78 is 4.01. The molecule has 11 heavy (non-hydrogen) atoms. The molecule has 0 saturated heterocycles. The van der Waals surface area contributed by atoms with Crippen LogP contribution in [0.15, 0.2) is 24.7 Å². The third-order valence-corrected chi connectivity index (χ3v) is 1.78. The second-order valence-electron chi connectivity index (χ2n) is 2.94. The molecule has 0 aromatic carbocycles. The first-order chi connectivity index (χ1) is 5.29. The van der Waals surface area contributed by atoms with E-state index in [1.165, 1.54) is 0 Å². The summed E-state index contributed by atoms with van der Waals surface area (Å²) in [6, 6.07) is 4.52. The van der Waals surface area contributed by atoms with Crippen LogP contribution >= 0.6 is 0 Å². The van der Waals surface area contributed by atoms with Crippen molar-refractivity contribution in [2.75, 3.05) is 0 Å². The summed E-state index contributed by atoms with van der Waals surface area (Å²) in [5.74, 6) is 0. The topological polar surface area (TPSA) is 22.2 Å². The molecule has 0 aliphatic carbocycles. The zero-order valence-electron chi connectivity index (χ0n) is 6.73. The van der Waals surface area contributed by atoms with E-state index in [1.54, 1.807) is 0 Å². The zero-order chi connectivity index (χ0) is 7.84. The molecule has 0 radical (unpaired) electrons. The Morgan fingerprint density at radius 1 is 1.45 bits per heavy atom. The first kappa shape index (κ1) is 6.46. The van der Waals surface area contributed by atoms with Gasteiger partial charge in [0.15, 0.2) is 0 Å². The number of hydrogen-bond acceptors (Lipinski definition) is 1. The standard InChI is InChI=1S/C8H11N3/c1-7(2)11-8-4-3-5-10(8)6-9-11/h3-7H,1-2H3. The van der Waals surface area contributed by atoms with Crippen molar-refractivity contribution in [3.8, 4) is 0 Å². The molecule has 0 spiro atoms. The van der Waals surface area contributed by atoms with Crippen molar-refractivity contribution in [1.29, 1.82) is 0 Å². The number of hydrogen-bond donors (Lipinski definition) is 0. The van der Waals surface area contributed by atoms with Crippen molar-refractivity contribution < 1.29 is 0 Å². The molecular weight excluding hydrogens is 138 g/mol. The summed E-state index contributed by atoms with van der Waals surface area (Å²) in [4.78, 5) is 0. The molecule has 0 N–H and O–H groups in total. The van der Waals surface area contributed by atoms with Crippen LogP contribution in [0.5, 0.6) is 0 Å². The van der Waals surface area contributed by atoms with Crippen molar-refractivity contribution in [1.82, 2.24) is 14.2 Å². The Balaban J connectivity index is 2.68. The molecule has 58 valence electrons. The Morgan fingerprint density at radius 3 is 3.00 bits per heavy atom. The van der Waals surface area contributed by atoms with Crippen LogP contribution in [0.2, 0.25) is 0 Å². The monoisotopic (exact) mass is 149 g/mol. The van der Waals surface area contributed by atoms with Gasteiger partial charge in [-0.2, -0.15) is 5.10 Å². The van der Waals surface area contributed by atoms with Crippen LogP contribution in [-0.4, -0.2) is 14.2 Å². The van der Waals surface area contributed by atoms with Gasteiger partial charge in [0.25, 0.3) is 0 Å². The molecule has 0 saturated carbocycles. The van der Waals surface area contributed by atoms with Crippen LogP contribution in [0.4, 0.5) is 0 Å². The molecule has 3 heteroatoms. The lowest BCUT2D eigenvalue weighted by atomic mass is 10.4. The maximum absolute atomic E-state index is 4.23. The number of aromatic nitrogens is 3. The predicted molar refractivity (Wildman–Crippen MR) is 43.6 cm³/mol. The van der Waals surface area contributed by atoms with Crippen molar-refractivity contribution in [2.45, 2.75) is 19.9 Å². The van der Waals surface area contributed by atoms with E-state index < -0.39 is 0 Å². The molecule has 0 aliphatic rings. The summed E-state index contributed by atoms with van der Waals surface area (Å²) in [6.45, 7) is 4.25. The number of rotatable bonds is 1. The second kappa shape index (κ2) is 2.12. The molecule has 2 heterocycles. The second-order valence-corrected chi connectivity index (χ2v) is 2.94. The molecule has 0 fully saturated rings. The van der Waals surface area contributed by atoms with Gasteiger partial charge in [-0.15, -0.1) is 0 Å². The van der Waals surface area contributed by atoms with Crippen molar-refractivity contribution in [2.24, 2.45) is 0 Å². The molecule has 2 aromatic heterocycles. The van der Waals surface area contributed by atoms with Crippen molar-refractivity contribution >= 4 is 5.65 Å². The summed E-state index contributed by atoms with van der Waals surface area (Å²) in [7, 11) is 0. The van der Waals surface area contributed by atoms with Gasteiger partial charge in [0.2, 0.25) is 0 Å². The lowest BCUT2D eigenvalue weighted by Crippen LogP contribution is -2.01. The van der Waals surface area contributed by atoms with Crippen molar-refractivity contribution in [3.63, 3.8) is 0 Å². The summed E-state index contributed by atoms with van der Waals surface area (Å²) in [5, 5.41) is 4.23. The van der Waals surface area contributed by atoms with E-state index in [9.17, 15) is 0 Å². The van der Waals surface area contributed by atoms with E-state index in [0.717, 1.165) is 5.65 Å². The minimum absolute atomic E-state index is 0.433. The molecule has 2 rings (SSSR count). The third kappa shape index (κ3) is 0.843. The van der Waals surface area contributed by atoms with Gasteiger partial charge in [0.05, 0.1) is 0 Å². The van der Waals surface area contributed by atoms with E-state index in [2.05, 4.69) is 25.0 Å². The summed E-state index contributed by atoms with van der Waals surface area (Å²) >= 11 is 0. The highest BCUT2D eigenvalue weighted by atomic mass is 15.4. The van der Waals surface area contributed by atoms with E-state index in [-0.39, 0.29) is 0 Å². The fourth-order valence-corrected chi connectivity index (χ4v) is 1.24. The van der Waals surface area contributed by atoms with Crippen LogP contribution in [0, 0.1) is 0 Å². The first-order valence-corrected chi connectivity index (χ1v) is 3.79. The molecule has 0 amide bonds. The molecule has 3 nitrogen and oxygen atoms in total. The average Bonchev–Trinajstić information content (AvgIpc) is 2.41. The van der Waals surface area contributed by atoms with E-state index >= 15 is 0 Å². The fraction of sp³-hybridized carbons (Fsp3) is 0.375. The van der Waals surface area contributed by atoms with Gasteiger partial charge in [-0.05, 0) is 26.0 Å². The number of nitrogens with zero attached hydrogens (tertiary/aromatic N) is 3. The smallest absolute Gasteiger partial charge is 0.134 e. The Hall–Kier alpha value is -1.25. The van der Waals surface area contributed by atoms with Crippen LogP contribution in [0.25, 0.3) is 5.65 Å². The molecule has 2 aromatic rings. The fourth-order valence-electron chi connectivity index (χ4n) is 1.24. The van der Waals surface area contributed by atoms with Gasteiger partial charge in [0.1, 0.15) is 12.0 Å². The molecule has 0 unspecified atom stereocenters. The molecule has 0 bridgehead atoms. The van der Waals surface area contributed by atoms with E-state index in [4.69, 9.17) is 0 Å². The molecular formula is C8H11N3. The Bertz CT molecular complexity index is 356. The highest BCUT2D eigenvalue weighted by molar-refractivity contribution is 5.38. The van der Waals surface area contributed by atoms with E-state index in [0.29, 0.717) is 6.04 Å². The van der Waals surface area contributed by atoms with Crippen LogP contribution in [0.3, 0.4) is 0 Å². The SMILES string of the molecule is CC(C)n1ncn2cccc12. The quantitative estimate of drug-likeness (QED) is 0.605. The Morgan fingerprint density at radius 2 is 2.27 bits per heavy atom. The largest absolute Gasteiger partial charge is 0.291 e. The summed E-state index contributed by atoms with van der Waals surface area (Å²) in [6.07, 6.45) is 3.83. The van der Waals surface area contributed by atoms with Gasteiger partial charge in [0, 0.05) is 12.2 Å². The van der Waals surface area contributed by atoms with Gasteiger partial charge >= 0.3 is 0 Å². The van der Waals surface area contributed by atoms with Gasteiger partial charge < -0.3 is 0 Å². The van der Waals surface area contributed by atoms with Crippen LogP contribution in [0.1, 0.15) is 19.9 Å². The minimum Gasteiger partial charge on any atom is -0.291 e. The zero-order valence-corrected chi connectivity index (χ0v) is 6.73. The van der Waals surface area contributed by atoms with Gasteiger partial charge in [-0.25, -0.2) is 4.68 Å². The third-order valence-electron chi connectivity index (χ3n) is 1.78. The van der Waals surface area contributed by atoms with Crippen molar-refractivity contribution in [3.05, 3.63) is 24.7 Å². The van der Waals surface area contributed by atoms with E-state index in [1.807, 2.05) is 27.7 Å². The Kier molecular flexibility index (Phi) is 1.24. The van der Waals surface area contributed by atoms with Crippen LogP contribution < -0.4 is 0 Å².